The summed E-state index contributed by atoms with van der Waals surface area (Å²) in [7, 11) is 1.68. The number of nitrogen functional groups attached to an aromatic ring is 1. The second-order valence-corrected chi connectivity index (χ2v) is 9.06. The van der Waals surface area contributed by atoms with Crippen LogP contribution in [0.15, 0.2) is 60.0 Å². The Morgan fingerprint density at radius 2 is 1.87 bits per heavy atom. The highest BCUT2D eigenvalue weighted by Crippen LogP contribution is 2.37. The number of hydrogen-bond donors (Lipinski definition) is 3. The number of carbonyl (C=O) groups excluding carboxylic acids is 1. The van der Waals surface area contributed by atoms with Crippen LogP contribution in [0.1, 0.15) is 35.8 Å². The van der Waals surface area contributed by atoms with Crippen molar-refractivity contribution in [3.8, 4) is 11.1 Å². The van der Waals surface area contributed by atoms with Crippen molar-refractivity contribution < 1.29 is 4.79 Å². The first-order valence-corrected chi connectivity index (χ1v) is 11.2. The average Bonchev–Trinajstić information content (AvgIpc) is 3.23. The fraction of sp³-hybridized carbons (Fsp3) is 0.320. The van der Waals surface area contributed by atoms with Gasteiger partial charge in [-0.3, -0.25) is 4.79 Å². The number of amides is 1. The van der Waals surface area contributed by atoms with Crippen LogP contribution in [-0.4, -0.2) is 13.0 Å². The summed E-state index contributed by atoms with van der Waals surface area (Å²) in [5.74, 6) is -0.317. The molecule has 5 heteroatoms. The van der Waals surface area contributed by atoms with Gasteiger partial charge in [-0.25, -0.2) is 0 Å². The van der Waals surface area contributed by atoms with Crippen molar-refractivity contribution >= 4 is 22.9 Å². The fourth-order valence-corrected chi connectivity index (χ4v) is 4.85. The predicted molar refractivity (Wildman–Crippen MR) is 127 cm³/mol. The van der Waals surface area contributed by atoms with Crippen LogP contribution in [0.4, 0.5) is 5.69 Å². The van der Waals surface area contributed by atoms with E-state index in [-0.39, 0.29) is 11.8 Å². The number of nitrogens with one attached hydrogen (secondary N) is 1. The van der Waals surface area contributed by atoms with E-state index in [4.69, 9.17) is 11.5 Å². The maximum absolute atomic E-state index is 12.7. The molecular weight excluding hydrogens is 390 g/mol. The quantitative estimate of drug-likeness (QED) is 0.454. The number of hydrogen-bond acceptors (Lipinski definition) is 4. The molecule has 1 amide bonds. The zero-order valence-electron chi connectivity index (χ0n) is 17.9. The Bertz CT molecular complexity index is 992. The first-order chi connectivity index (χ1) is 14.3. The summed E-state index contributed by atoms with van der Waals surface area (Å²) in [6, 6.07) is 18.5. The first kappa shape index (κ1) is 22.1. The minimum absolute atomic E-state index is 0.0113. The van der Waals surface area contributed by atoms with Crippen molar-refractivity contribution in [2.75, 3.05) is 12.8 Å². The van der Waals surface area contributed by atoms with Crippen LogP contribution in [0, 0.1) is 12.8 Å². The van der Waals surface area contributed by atoms with E-state index in [1.807, 2.05) is 31.2 Å². The standard InChI is InChI=1S/C25H31N3OS/c1-17-10-12-18(13-11-17)6-4-9-22(24(29)28-3)25(2,27)23-15-20(16-30-23)19-7-5-8-21(26)14-19/h5,7-8,10-16,22H,4,6,9,26-27H2,1-3H3,(H,28,29)/t22?,25-/m0/s1. The van der Waals surface area contributed by atoms with Crippen molar-refractivity contribution in [3.63, 3.8) is 0 Å². The van der Waals surface area contributed by atoms with Crippen molar-refractivity contribution in [2.45, 2.75) is 38.6 Å². The van der Waals surface area contributed by atoms with Gasteiger partial charge < -0.3 is 16.8 Å². The Kier molecular flexibility index (Phi) is 6.95. The molecule has 3 rings (SSSR count). The lowest BCUT2D eigenvalue weighted by molar-refractivity contribution is -0.126. The number of aryl methyl sites for hydroxylation is 2. The maximum atomic E-state index is 12.7. The molecule has 5 N–H and O–H groups in total. The van der Waals surface area contributed by atoms with E-state index in [1.165, 1.54) is 11.1 Å². The number of anilines is 1. The summed E-state index contributed by atoms with van der Waals surface area (Å²) < 4.78 is 0. The fourth-order valence-electron chi connectivity index (χ4n) is 3.80. The van der Waals surface area contributed by atoms with Gasteiger partial charge in [-0.05, 0) is 73.4 Å². The van der Waals surface area contributed by atoms with Gasteiger partial charge in [-0.1, -0.05) is 42.0 Å². The summed E-state index contributed by atoms with van der Waals surface area (Å²) in [6.07, 6.45) is 2.57. The molecule has 1 heterocycles. The van der Waals surface area contributed by atoms with Gasteiger partial charge >= 0.3 is 0 Å². The summed E-state index contributed by atoms with van der Waals surface area (Å²) >= 11 is 1.60. The van der Waals surface area contributed by atoms with Crippen LogP contribution >= 0.6 is 11.3 Å². The largest absolute Gasteiger partial charge is 0.399 e. The van der Waals surface area contributed by atoms with Crippen molar-refractivity contribution in [1.82, 2.24) is 5.32 Å². The van der Waals surface area contributed by atoms with Crippen LogP contribution in [0.25, 0.3) is 11.1 Å². The van der Waals surface area contributed by atoms with Crippen molar-refractivity contribution in [1.29, 1.82) is 0 Å². The molecule has 4 nitrogen and oxygen atoms in total. The molecule has 0 aliphatic heterocycles. The maximum Gasteiger partial charge on any atom is 0.225 e. The predicted octanol–water partition coefficient (Wildman–Crippen LogP) is 4.86. The second-order valence-electron chi connectivity index (χ2n) is 8.15. The first-order valence-electron chi connectivity index (χ1n) is 10.3. The molecule has 0 bridgehead atoms. The van der Waals surface area contributed by atoms with Crippen LogP contribution in [0.5, 0.6) is 0 Å². The molecule has 1 unspecified atom stereocenters. The smallest absolute Gasteiger partial charge is 0.225 e. The van der Waals surface area contributed by atoms with E-state index in [1.54, 1.807) is 18.4 Å². The Morgan fingerprint density at radius 3 is 2.53 bits per heavy atom. The van der Waals surface area contributed by atoms with Gasteiger partial charge in [-0.2, -0.15) is 0 Å². The van der Waals surface area contributed by atoms with E-state index in [0.29, 0.717) is 0 Å². The molecule has 2 aromatic carbocycles. The van der Waals surface area contributed by atoms with Crippen LogP contribution < -0.4 is 16.8 Å². The molecule has 0 aliphatic carbocycles. The average molecular weight is 422 g/mol. The molecule has 0 saturated carbocycles. The number of nitrogens with two attached hydrogens (primary N) is 2. The normalized spacial score (nSPS) is 14.1. The lowest BCUT2D eigenvalue weighted by Gasteiger charge is -2.32. The molecule has 0 radical (unpaired) electrons. The van der Waals surface area contributed by atoms with E-state index in [0.717, 1.165) is 41.0 Å². The molecular formula is C25H31N3OS. The lowest BCUT2D eigenvalue weighted by atomic mass is 9.80. The van der Waals surface area contributed by atoms with E-state index in [9.17, 15) is 4.79 Å². The summed E-state index contributed by atoms with van der Waals surface area (Å²) in [6.45, 7) is 4.05. The Hall–Kier alpha value is -2.63. The van der Waals surface area contributed by atoms with Crippen LogP contribution in [0.3, 0.4) is 0 Å². The van der Waals surface area contributed by atoms with Gasteiger partial charge in [0, 0.05) is 17.6 Å². The zero-order chi connectivity index (χ0) is 21.7. The molecule has 0 spiro atoms. The van der Waals surface area contributed by atoms with Crippen LogP contribution in [-0.2, 0) is 16.8 Å². The minimum Gasteiger partial charge on any atom is -0.399 e. The van der Waals surface area contributed by atoms with Gasteiger partial charge in [0.1, 0.15) is 0 Å². The number of benzene rings is 2. The third-order valence-corrected chi connectivity index (χ3v) is 6.90. The van der Waals surface area contributed by atoms with E-state index < -0.39 is 5.54 Å². The summed E-state index contributed by atoms with van der Waals surface area (Å²) in [5.41, 5.74) is 17.4. The highest BCUT2D eigenvalue weighted by atomic mass is 32.1. The zero-order valence-corrected chi connectivity index (χ0v) is 18.8. The number of thiophene rings is 1. The van der Waals surface area contributed by atoms with Crippen molar-refractivity contribution in [3.05, 3.63) is 76.0 Å². The summed E-state index contributed by atoms with van der Waals surface area (Å²) in [5, 5.41) is 4.90. The minimum atomic E-state index is -0.753. The highest BCUT2D eigenvalue weighted by molar-refractivity contribution is 7.10. The van der Waals surface area contributed by atoms with Crippen molar-refractivity contribution in [2.24, 2.45) is 11.7 Å². The third-order valence-electron chi connectivity index (χ3n) is 5.72. The number of rotatable bonds is 8. The van der Waals surface area contributed by atoms with E-state index in [2.05, 4.69) is 48.0 Å². The van der Waals surface area contributed by atoms with Crippen LogP contribution in [0.2, 0.25) is 0 Å². The molecule has 0 aliphatic rings. The second kappa shape index (κ2) is 9.45. The third kappa shape index (κ3) is 5.10. The van der Waals surface area contributed by atoms with E-state index >= 15 is 0 Å². The molecule has 30 heavy (non-hydrogen) atoms. The molecule has 0 saturated heterocycles. The Morgan fingerprint density at radius 1 is 1.13 bits per heavy atom. The van der Waals surface area contributed by atoms with Gasteiger partial charge in [0.05, 0.1) is 11.5 Å². The van der Waals surface area contributed by atoms with Gasteiger partial charge in [0.25, 0.3) is 0 Å². The Balaban J connectivity index is 1.77. The molecule has 2 atom stereocenters. The monoisotopic (exact) mass is 421 g/mol. The lowest BCUT2D eigenvalue weighted by Crippen LogP contribution is -2.47. The summed E-state index contributed by atoms with van der Waals surface area (Å²) in [4.78, 5) is 13.7. The van der Waals surface area contributed by atoms with Gasteiger partial charge in [-0.15, -0.1) is 11.3 Å². The molecule has 0 fully saturated rings. The topological polar surface area (TPSA) is 81.1 Å². The highest BCUT2D eigenvalue weighted by Gasteiger charge is 2.37. The number of carbonyl (C=O) groups is 1. The molecule has 3 aromatic rings. The Labute approximate surface area is 183 Å². The molecule has 158 valence electrons. The van der Waals surface area contributed by atoms with Gasteiger partial charge in [0.15, 0.2) is 0 Å². The molecule has 1 aromatic heterocycles. The van der Waals surface area contributed by atoms with Gasteiger partial charge in [0.2, 0.25) is 5.91 Å². The SMILES string of the molecule is CNC(=O)C(CCCc1ccc(C)cc1)[C@](C)(N)c1cc(-c2cccc(N)c2)cs1.